The second-order valence-electron chi connectivity index (χ2n) is 15.8. The van der Waals surface area contributed by atoms with Crippen LogP contribution in [0.1, 0.15) is 285 Å². The fourth-order valence-corrected chi connectivity index (χ4v) is 6.33. The first-order valence-electron chi connectivity index (χ1n) is 23.9. The quantitative estimate of drug-likeness (QED) is 0.0454. The molecule has 0 saturated carbocycles. The Morgan fingerprint density at radius 3 is 0.569 bits per heavy atom. The Morgan fingerprint density at radius 1 is 0.293 bits per heavy atom. The summed E-state index contributed by atoms with van der Waals surface area (Å²) in [6.45, 7) is 8.90. The van der Waals surface area contributed by atoms with Crippen LogP contribution in [0.25, 0.3) is 0 Å². The minimum atomic E-state index is -0.909. The van der Waals surface area contributed by atoms with Crippen LogP contribution < -0.4 is 10.2 Å². The summed E-state index contributed by atoms with van der Waals surface area (Å²) in [7, 11) is 0. The molecule has 10 heteroatoms. The number of rotatable bonds is 40. The Morgan fingerprint density at radius 2 is 0.431 bits per heavy atom. The number of carbonyl (C=O) groups is 4. The molecule has 0 radical (unpaired) electrons. The zero-order chi connectivity index (χ0) is 42.6. The molecule has 0 aromatic rings. The molecule has 0 spiro atoms. The average molecular weight is 1050 g/mol. The monoisotopic (exact) mass is 1050 g/mol. The number of aliphatic carboxylic acids is 4. The molecule has 0 unspecified atom stereocenters. The largest absolute Gasteiger partial charge is 2.00 e. The van der Waals surface area contributed by atoms with Gasteiger partial charge in [-0.1, -0.05) is 233 Å². The fraction of sp³-hybridized carbons (Fsp3) is 0.917. The predicted molar refractivity (Wildman–Crippen MR) is 238 cm³/mol. The Bertz CT molecular complexity index is 672. The molecule has 0 fully saturated rings. The van der Waals surface area contributed by atoms with Gasteiger partial charge in [-0.2, -0.15) is 0 Å². The molecule has 0 heterocycles. The van der Waals surface area contributed by atoms with Gasteiger partial charge in [0.25, 0.3) is 0 Å². The van der Waals surface area contributed by atoms with E-state index < -0.39 is 23.9 Å². The van der Waals surface area contributed by atoms with Gasteiger partial charge in [-0.05, 0) is 38.5 Å². The number of hydrogen-bond acceptors (Lipinski definition) is 6. The molecule has 8 nitrogen and oxygen atoms in total. The number of unbranched alkanes of at least 4 members (excludes halogenated alkanes) is 32. The molecule has 0 aliphatic carbocycles. The van der Waals surface area contributed by atoms with Crippen molar-refractivity contribution in [2.75, 3.05) is 0 Å². The van der Waals surface area contributed by atoms with E-state index in [2.05, 4.69) is 27.7 Å². The predicted octanol–water partition coefficient (Wildman–Crippen LogP) is 12.9. The number of hydrogen-bond donors (Lipinski definition) is 2. The first kappa shape index (κ1) is 70.1. The van der Waals surface area contributed by atoms with Crippen LogP contribution in [0.4, 0.5) is 0 Å². The van der Waals surface area contributed by atoms with Gasteiger partial charge in [0.1, 0.15) is 0 Å². The van der Waals surface area contributed by atoms with Gasteiger partial charge in [0.05, 0.1) is 0 Å². The summed E-state index contributed by atoms with van der Waals surface area (Å²) >= 11 is 0. The van der Waals surface area contributed by atoms with E-state index in [1.807, 2.05) is 0 Å². The van der Waals surface area contributed by atoms with Crippen LogP contribution in [0.2, 0.25) is 0 Å². The van der Waals surface area contributed by atoms with Crippen LogP contribution in [-0.4, -0.2) is 83.0 Å². The number of carboxylic acids is 4. The first-order chi connectivity index (χ1) is 27.1. The van der Waals surface area contributed by atoms with Crippen molar-refractivity contribution >= 4 is 72.8 Å². The normalized spacial score (nSPS) is 10.0. The van der Waals surface area contributed by atoms with Gasteiger partial charge in [-0.15, -0.1) is 0 Å². The van der Waals surface area contributed by atoms with Gasteiger partial charge in [0.2, 0.25) is 0 Å². The van der Waals surface area contributed by atoms with Crippen molar-refractivity contribution in [1.29, 1.82) is 0 Å². The summed E-state index contributed by atoms with van der Waals surface area (Å²) in [5, 5.41) is 37.0. The van der Waals surface area contributed by atoms with E-state index in [9.17, 15) is 29.4 Å². The summed E-state index contributed by atoms with van der Waals surface area (Å²) in [5.74, 6) is -3.14. The van der Waals surface area contributed by atoms with Crippen molar-refractivity contribution in [1.82, 2.24) is 0 Å². The molecule has 0 aliphatic heterocycles. The van der Waals surface area contributed by atoms with Crippen molar-refractivity contribution in [3.05, 3.63) is 0 Å². The Labute approximate surface area is 420 Å². The van der Waals surface area contributed by atoms with Crippen LogP contribution in [0.5, 0.6) is 0 Å². The maximum Gasteiger partial charge on any atom is 2.00 e. The Hall–Kier alpha value is 0.374. The van der Waals surface area contributed by atoms with E-state index in [1.165, 1.54) is 180 Å². The van der Waals surface area contributed by atoms with E-state index in [0.29, 0.717) is 12.8 Å². The second kappa shape index (κ2) is 66.5. The fourth-order valence-electron chi connectivity index (χ4n) is 6.33. The molecule has 2 N–H and O–H groups in total. The number of carbonyl (C=O) groups excluding carboxylic acids is 2. The van der Waals surface area contributed by atoms with Gasteiger partial charge in [-0.3, -0.25) is 9.59 Å². The Kier molecular flexibility index (Phi) is 80.3. The smallest absolute Gasteiger partial charge is 0.550 e. The van der Waals surface area contributed by atoms with Crippen LogP contribution >= 0.6 is 0 Å². The van der Waals surface area contributed by atoms with Crippen LogP contribution in [-0.2, 0) is 46.5 Å². The summed E-state index contributed by atoms with van der Waals surface area (Å²) < 4.78 is 0. The minimum Gasteiger partial charge on any atom is -0.550 e. The molecule has 0 saturated heterocycles. The maximum absolute atomic E-state index is 10.2. The van der Waals surface area contributed by atoms with E-state index >= 15 is 0 Å². The van der Waals surface area contributed by atoms with Gasteiger partial charge >= 0.3 is 60.8 Å². The topological polar surface area (TPSA) is 155 Å². The summed E-state index contributed by atoms with van der Waals surface area (Å²) in [5.41, 5.74) is 0. The number of carboxylic acid groups (broad SMARTS) is 4. The minimum absolute atomic E-state index is 0. The van der Waals surface area contributed by atoms with E-state index in [0.717, 1.165) is 51.4 Å². The standard InChI is InChI=1S/4C12H24O2.Ba.Cd/c4*1-2-3-4-5-6-7-8-9-10-11-12(13)14;;/h4*2-11H2,1H3,(H,13,14);;/q;;;;+2;/p-2. The third kappa shape index (κ3) is 87.8. The van der Waals surface area contributed by atoms with Gasteiger partial charge < -0.3 is 30.0 Å². The van der Waals surface area contributed by atoms with Crippen molar-refractivity contribution < 1.29 is 66.9 Å². The van der Waals surface area contributed by atoms with E-state index in [4.69, 9.17) is 10.2 Å². The van der Waals surface area contributed by atoms with Crippen molar-refractivity contribution in [2.24, 2.45) is 0 Å². The van der Waals surface area contributed by atoms with Crippen LogP contribution in [0, 0.1) is 0 Å². The average Bonchev–Trinajstić information content (AvgIpc) is 3.15. The molecule has 0 bridgehead atoms. The van der Waals surface area contributed by atoms with E-state index in [1.54, 1.807) is 0 Å². The SMILES string of the molecule is CCCCCCCCCCCC(=O)O.CCCCCCCCCCCC(=O)O.CCCCCCCCCCCC(=O)[O-].CCCCCCCCCCCC(=O)[O-].[Ba+2].[Cd]. The summed E-state index contributed by atoms with van der Waals surface area (Å²) in [6, 6.07) is 0. The molecule has 0 atom stereocenters. The second-order valence-corrected chi connectivity index (χ2v) is 15.8. The summed E-state index contributed by atoms with van der Waals surface area (Å²) in [6.07, 6.45) is 45.3. The Balaban J connectivity index is -0.000000154. The van der Waals surface area contributed by atoms with Gasteiger partial charge in [0.15, 0.2) is 0 Å². The molecule has 0 aliphatic rings. The third-order valence-electron chi connectivity index (χ3n) is 9.96. The third-order valence-corrected chi connectivity index (χ3v) is 9.96. The van der Waals surface area contributed by atoms with Crippen molar-refractivity contribution in [3.63, 3.8) is 0 Å². The zero-order valence-electron chi connectivity index (χ0n) is 39.0. The van der Waals surface area contributed by atoms with Crippen LogP contribution in [0.15, 0.2) is 0 Å². The van der Waals surface area contributed by atoms with Gasteiger partial charge in [-0.25, -0.2) is 0 Å². The molecular formula is C48H94BaCdO8. The van der Waals surface area contributed by atoms with Crippen molar-refractivity contribution in [3.8, 4) is 0 Å². The molecular weight excluding hydrogens is 954 g/mol. The van der Waals surface area contributed by atoms with Gasteiger partial charge in [0, 0.05) is 52.1 Å². The molecule has 0 rings (SSSR count). The molecule has 0 aromatic carbocycles. The van der Waals surface area contributed by atoms with Crippen LogP contribution in [0.3, 0.4) is 0 Å². The van der Waals surface area contributed by atoms with Crippen molar-refractivity contribution in [2.45, 2.75) is 285 Å². The molecule has 58 heavy (non-hydrogen) atoms. The summed E-state index contributed by atoms with van der Waals surface area (Å²) in [4.78, 5) is 40.6. The molecule has 338 valence electrons. The first-order valence-corrected chi connectivity index (χ1v) is 23.9. The zero-order valence-corrected chi connectivity index (χ0v) is 47.5. The molecule has 0 aromatic heterocycles. The molecule has 0 amide bonds. The maximum atomic E-state index is 10.2. The van der Waals surface area contributed by atoms with E-state index in [-0.39, 0.29) is 89.0 Å².